The molecule has 0 spiro atoms. The van der Waals surface area contributed by atoms with E-state index in [9.17, 15) is 0 Å². The van der Waals surface area contributed by atoms with Crippen molar-refractivity contribution in [1.29, 1.82) is 0 Å². The van der Waals surface area contributed by atoms with Crippen LogP contribution >= 0.6 is 0 Å². The maximum absolute atomic E-state index is 5.02. The van der Waals surface area contributed by atoms with Crippen molar-refractivity contribution >= 4 is 0 Å². The molecule has 17 heavy (non-hydrogen) atoms. The summed E-state index contributed by atoms with van der Waals surface area (Å²) in [4.78, 5) is 12.4. The van der Waals surface area contributed by atoms with E-state index in [0.717, 1.165) is 12.2 Å². The van der Waals surface area contributed by atoms with E-state index in [1.807, 2.05) is 13.8 Å². The highest BCUT2D eigenvalue weighted by Gasteiger charge is 2.07. The molecule has 0 saturated heterocycles. The van der Waals surface area contributed by atoms with Gasteiger partial charge in [-0.1, -0.05) is 5.16 Å². The molecule has 0 aromatic carbocycles. The van der Waals surface area contributed by atoms with Crippen LogP contribution in [-0.2, 0) is 6.42 Å². The van der Waals surface area contributed by atoms with E-state index >= 15 is 0 Å². The van der Waals surface area contributed by atoms with Crippen LogP contribution in [0.3, 0.4) is 0 Å². The number of aromatic nitrogens is 4. The Kier molecular flexibility index (Phi) is 3.77. The molecule has 1 N–H and O–H groups in total. The van der Waals surface area contributed by atoms with Gasteiger partial charge in [0, 0.05) is 37.6 Å². The van der Waals surface area contributed by atoms with E-state index in [-0.39, 0.29) is 6.04 Å². The summed E-state index contributed by atoms with van der Waals surface area (Å²) in [6.07, 6.45) is 5.83. The number of hydrogen-bond acceptors (Lipinski definition) is 6. The molecule has 1 atom stereocenters. The first-order chi connectivity index (χ1) is 8.25. The van der Waals surface area contributed by atoms with Crippen LogP contribution in [0.2, 0.25) is 0 Å². The van der Waals surface area contributed by atoms with Gasteiger partial charge in [0.2, 0.25) is 5.89 Å². The highest BCUT2D eigenvalue weighted by atomic mass is 16.5. The predicted octanol–water partition coefficient (Wildman–Crippen LogP) is 1.06. The normalized spacial score (nSPS) is 12.6. The van der Waals surface area contributed by atoms with E-state index in [1.165, 1.54) is 0 Å². The van der Waals surface area contributed by atoms with E-state index in [1.54, 1.807) is 18.6 Å². The van der Waals surface area contributed by atoms with Crippen LogP contribution in [0.1, 0.15) is 30.4 Å². The maximum atomic E-state index is 5.02. The summed E-state index contributed by atoms with van der Waals surface area (Å²) in [5.41, 5.74) is 0.925. The zero-order valence-corrected chi connectivity index (χ0v) is 9.92. The van der Waals surface area contributed by atoms with Gasteiger partial charge in [-0.3, -0.25) is 9.97 Å². The largest absolute Gasteiger partial charge is 0.339 e. The summed E-state index contributed by atoms with van der Waals surface area (Å²) in [7, 11) is 0. The highest BCUT2D eigenvalue weighted by Crippen LogP contribution is 2.06. The first kappa shape index (κ1) is 11.7. The Morgan fingerprint density at radius 3 is 2.94 bits per heavy atom. The molecular weight excluding hydrogens is 218 g/mol. The summed E-state index contributed by atoms with van der Waals surface area (Å²) >= 11 is 0. The molecule has 0 radical (unpaired) electrons. The van der Waals surface area contributed by atoms with Crippen molar-refractivity contribution in [2.45, 2.75) is 26.3 Å². The summed E-state index contributed by atoms with van der Waals surface area (Å²) < 4.78 is 5.02. The standard InChI is InChI=1S/C11H15N5O/c1-8(10-7-12-5-6-14-10)13-4-3-11-15-9(2)16-17-11/h5-8,13H,3-4H2,1-2H3. The maximum Gasteiger partial charge on any atom is 0.227 e. The first-order valence-corrected chi connectivity index (χ1v) is 5.54. The van der Waals surface area contributed by atoms with E-state index < -0.39 is 0 Å². The van der Waals surface area contributed by atoms with Crippen LogP contribution in [0.4, 0.5) is 0 Å². The summed E-state index contributed by atoms with van der Waals surface area (Å²) in [6, 6.07) is 0.160. The Morgan fingerprint density at radius 2 is 2.29 bits per heavy atom. The molecule has 0 fully saturated rings. The number of hydrogen-bond donors (Lipinski definition) is 1. The minimum atomic E-state index is 0.160. The van der Waals surface area contributed by atoms with Gasteiger partial charge in [0.15, 0.2) is 5.82 Å². The second-order valence-electron chi connectivity index (χ2n) is 3.79. The van der Waals surface area contributed by atoms with E-state index in [2.05, 4.69) is 25.4 Å². The van der Waals surface area contributed by atoms with Gasteiger partial charge < -0.3 is 9.84 Å². The summed E-state index contributed by atoms with van der Waals surface area (Å²) in [5.74, 6) is 1.32. The molecule has 2 aromatic rings. The fourth-order valence-electron chi connectivity index (χ4n) is 1.48. The lowest BCUT2D eigenvalue weighted by molar-refractivity contribution is 0.370. The molecule has 0 bridgehead atoms. The first-order valence-electron chi connectivity index (χ1n) is 5.54. The quantitative estimate of drug-likeness (QED) is 0.832. The second kappa shape index (κ2) is 5.49. The van der Waals surface area contributed by atoms with Gasteiger partial charge >= 0.3 is 0 Å². The van der Waals surface area contributed by atoms with E-state index in [0.29, 0.717) is 18.1 Å². The molecule has 0 aliphatic heterocycles. The van der Waals surface area contributed by atoms with Gasteiger partial charge in [0.1, 0.15) is 0 Å². The van der Waals surface area contributed by atoms with Crippen molar-refractivity contribution in [2.75, 3.05) is 6.54 Å². The molecule has 0 aliphatic carbocycles. The SMILES string of the molecule is Cc1noc(CCNC(C)c2cnccn2)n1. The zero-order valence-electron chi connectivity index (χ0n) is 9.92. The molecule has 2 heterocycles. The smallest absolute Gasteiger partial charge is 0.227 e. The van der Waals surface area contributed by atoms with E-state index in [4.69, 9.17) is 4.52 Å². The number of rotatable bonds is 5. The van der Waals surface area contributed by atoms with Crippen molar-refractivity contribution < 1.29 is 4.52 Å². The average molecular weight is 233 g/mol. The molecule has 2 aromatic heterocycles. The molecule has 6 nitrogen and oxygen atoms in total. The van der Waals surface area contributed by atoms with Gasteiger partial charge in [-0.2, -0.15) is 4.98 Å². The predicted molar refractivity (Wildman–Crippen MR) is 61.2 cm³/mol. The molecule has 1 unspecified atom stereocenters. The third-order valence-electron chi connectivity index (χ3n) is 2.39. The van der Waals surface area contributed by atoms with Crippen LogP contribution in [0, 0.1) is 6.92 Å². The van der Waals surface area contributed by atoms with Crippen molar-refractivity contribution in [3.63, 3.8) is 0 Å². The Morgan fingerprint density at radius 1 is 1.41 bits per heavy atom. The van der Waals surface area contributed by atoms with Crippen LogP contribution in [-0.4, -0.2) is 26.7 Å². The Bertz CT molecular complexity index is 456. The summed E-state index contributed by atoms with van der Waals surface area (Å²) in [5, 5.41) is 7.06. The number of aryl methyl sites for hydroxylation is 1. The van der Waals surface area contributed by atoms with Gasteiger partial charge in [-0.05, 0) is 13.8 Å². The van der Waals surface area contributed by atoms with Crippen molar-refractivity contribution in [3.05, 3.63) is 36.0 Å². The second-order valence-corrected chi connectivity index (χ2v) is 3.79. The molecule has 0 amide bonds. The third kappa shape index (κ3) is 3.32. The fourth-order valence-corrected chi connectivity index (χ4v) is 1.48. The Balaban J connectivity index is 1.79. The minimum Gasteiger partial charge on any atom is -0.339 e. The van der Waals surface area contributed by atoms with Crippen molar-refractivity contribution in [1.82, 2.24) is 25.4 Å². The lowest BCUT2D eigenvalue weighted by atomic mass is 10.2. The van der Waals surface area contributed by atoms with Crippen molar-refractivity contribution in [2.24, 2.45) is 0 Å². The third-order valence-corrected chi connectivity index (χ3v) is 2.39. The monoisotopic (exact) mass is 233 g/mol. The number of nitrogens with zero attached hydrogens (tertiary/aromatic N) is 4. The van der Waals surface area contributed by atoms with Gasteiger partial charge in [0.05, 0.1) is 5.69 Å². The van der Waals surface area contributed by atoms with Crippen LogP contribution in [0.25, 0.3) is 0 Å². The number of nitrogens with one attached hydrogen (secondary N) is 1. The van der Waals surface area contributed by atoms with Gasteiger partial charge in [-0.25, -0.2) is 0 Å². The van der Waals surface area contributed by atoms with Gasteiger partial charge in [0.25, 0.3) is 0 Å². The molecular formula is C11H15N5O. The van der Waals surface area contributed by atoms with Crippen LogP contribution in [0.15, 0.2) is 23.1 Å². The highest BCUT2D eigenvalue weighted by molar-refractivity contribution is 5.00. The fraction of sp³-hybridized carbons (Fsp3) is 0.455. The molecule has 90 valence electrons. The molecule has 0 aliphatic rings. The Hall–Kier alpha value is -1.82. The molecule has 2 rings (SSSR count). The van der Waals surface area contributed by atoms with Crippen molar-refractivity contribution in [3.8, 4) is 0 Å². The topological polar surface area (TPSA) is 76.7 Å². The molecule has 6 heteroatoms. The van der Waals surface area contributed by atoms with Crippen LogP contribution in [0.5, 0.6) is 0 Å². The minimum absolute atomic E-state index is 0.160. The molecule has 0 saturated carbocycles. The average Bonchev–Trinajstić information content (AvgIpc) is 2.76. The van der Waals surface area contributed by atoms with Crippen LogP contribution < -0.4 is 5.32 Å². The lowest BCUT2D eigenvalue weighted by Gasteiger charge is -2.11. The lowest BCUT2D eigenvalue weighted by Crippen LogP contribution is -2.22. The zero-order chi connectivity index (χ0) is 12.1. The van der Waals surface area contributed by atoms with Gasteiger partial charge in [-0.15, -0.1) is 0 Å². The Labute approximate surface area is 99.5 Å². The summed E-state index contributed by atoms with van der Waals surface area (Å²) in [6.45, 7) is 4.62.